The Morgan fingerprint density at radius 2 is 2.05 bits per heavy atom. The molecule has 1 rings (SSSR count). The normalized spacial score (nSPS) is 11.0. The van der Waals surface area contributed by atoms with Crippen LogP contribution in [0.25, 0.3) is 0 Å². The van der Waals surface area contributed by atoms with E-state index in [2.05, 4.69) is 10.3 Å². The molecule has 0 fully saturated rings. The molecule has 2 N–H and O–H groups in total. The lowest BCUT2D eigenvalue weighted by Gasteiger charge is -2.19. The van der Waals surface area contributed by atoms with E-state index in [0.717, 1.165) is 6.07 Å². The van der Waals surface area contributed by atoms with Crippen LogP contribution in [0, 0.1) is 5.82 Å². The van der Waals surface area contributed by atoms with Crippen LogP contribution in [0.15, 0.2) is 6.07 Å². The molecule has 0 saturated heterocycles. The fourth-order valence-electron chi connectivity index (χ4n) is 1.13. The number of nitrogens with one attached hydrogen (secondary N) is 1. The number of halogens is 2. The molecule has 1 aromatic heterocycles. The van der Waals surface area contributed by atoms with Crippen LogP contribution in [-0.2, 0) is 4.74 Å². The van der Waals surface area contributed by atoms with E-state index in [-0.39, 0.29) is 5.82 Å². The van der Waals surface area contributed by atoms with Gasteiger partial charge in [-0.05, 0) is 26.8 Å². The lowest BCUT2D eigenvalue weighted by Crippen LogP contribution is -2.27. The molecule has 6 nitrogen and oxygen atoms in total. The Labute approximate surface area is 113 Å². The van der Waals surface area contributed by atoms with E-state index in [1.165, 1.54) is 0 Å². The van der Waals surface area contributed by atoms with Gasteiger partial charge in [-0.3, -0.25) is 5.32 Å². The van der Waals surface area contributed by atoms with Gasteiger partial charge in [-0.1, -0.05) is 11.6 Å². The van der Waals surface area contributed by atoms with Crippen molar-refractivity contribution in [2.24, 2.45) is 0 Å². The van der Waals surface area contributed by atoms with E-state index in [1.54, 1.807) is 20.8 Å². The third-order valence-corrected chi connectivity index (χ3v) is 2.03. The standard InChI is InChI=1S/C11H12ClFN2O4/c1-11(2,3)19-10(18)15-6-4-5(9(16)17)7(13)8(12)14-6/h4H,1-3H3,(H,16,17)(H,14,15,18). The second kappa shape index (κ2) is 5.40. The van der Waals surface area contributed by atoms with Crippen LogP contribution in [0.1, 0.15) is 31.1 Å². The molecule has 1 heterocycles. The molecule has 104 valence electrons. The fourth-order valence-corrected chi connectivity index (χ4v) is 1.32. The zero-order valence-corrected chi connectivity index (χ0v) is 11.2. The van der Waals surface area contributed by atoms with Gasteiger partial charge in [-0.25, -0.2) is 19.0 Å². The van der Waals surface area contributed by atoms with Crippen LogP contribution in [0.3, 0.4) is 0 Å². The maximum Gasteiger partial charge on any atom is 0.413 e. The Morgan fingerprint density at radius 1 is 1.47 bits per heavy atom. The topological polar surface area (TPSA) is 88.5 Å². The Bertz CT molecular complexity index is 528. The molecule has 0 atom stereocenters. The van der Waals surface area contributed by atoms with E-state index in [1.807, 2.05) is 0 Å². The number of hydrogen-bond donors (Lipinski definition) is 2. The molecule has 0 aliphatic carbocycles. The number of aromatic carboxylic acids is 1. The van der Waals surface area contributed by atoms with Gasteiger partial charge in [0.25, 0.3) is 0 Å². The maximum absolute atomic E-state index is 13.3. The number of carboxylic acids is 1. The van der Waals surface area contributed by atoms with Gasteiger partial charge in [0.05, 0.1) is 0 Å². The average molecular weight is 291 g/mol. The van der Waals surface area contributed by atoms with Crippen molar-refractivity contribution in [2.45, 2.75) is 26.4 Å². The zero-order chi connectivity index (χ0) is 14.8. The van der Waals surface area contributed by atoms with E-state index in [0.29, 0.717) is 0 Å². The van der Waals surface area contributed by atoms with Crippen molar-refractivity contribution in [1.29, 1.82) is 0 Å². The number of carbonyl (C=O) groups is 2. The number of aromatic nitrogens is 1. The molecule has 8 heteroatoms. The smallest absolute Gasteiger partial charge is 0.413 e. The number of hydrogen-bond acceptors (Lipinski definition) is 4. The molecular formula is C11H12ClFN2O4. The molecule has 0 bridgehead atoms. The van der Waals surface area contributed by atoms with Crippen molar-refractivity contribution >= 4 is 29.5 Å². The quantitative estimate of drug-likeness (QED) is 0.818. The highest BCUT2D eigenvalue weighted by Gasteiger charge is 2.20. The first kappa shape index (κ1) is 15.2. The minimum absolute atomic E-state index is 0.210. The Kier molecular flexibility index (Phi) is 4.31. The number of anilines is 1. The molecule has 0 radical (unpaired) electrons. The largest absolute Gasteiger partial charge is 0.478 e. The van der Waals surface area contributed by atoms with Crippen molar-refractivity contribution in [3.8, 4) is 0 Å². The summed E-state index contributed by atoms with van der Waals surface area (Å²) >= 11 is 5.44. The van der Waals surface area contributed by atoms with Crippen molar-refractivity contribution < 1.29 is 23.8 Å². The number of rotatable bonds is 2. The summed E-state index contributed by atoms with van der Waals surface area (Å²) in [6.07, 6.45) is -0.848. The minimum Gasteiger partial charge on any atom is -0.478 e. The number of nitrogens with zero attached hydrogens (tertiary/aromatic N) is 1. The molecule has 0 saturated carbocycles. The van der Waals surface area contributed by atoms with Crippen molar-refractivity contribution in [1.82, 2.24) is 4.98 Å². The van der Waals surface area contributed by atoms with Crippen LogP contribution >= 0.6 is 11.6 Å². The number of pyridine rings is 1. The SMILES string of the molecule is CC(C)(C)OC(=O)Nc1cc(C(=O)O)c(F)c(Cl)n1. The van der Waals surface area contributed by atoms with Crippen LogP contribution in [-0.4, -0.2) is 27.8 Å². The monoisotopic (exact) mass is 290 g/mol. The van der Waals surface area contributed by atoms with Gasteiger partial charge in [0.15, 0.2) is 11.0 Å². The van der Waals surface area contributed by atoms with Crippen LogP contribution < -0.4 is 5.32 Å². The number of amides is 1. The summed E-state index contributed by atoms with van der Waals surface area (Å²) in [6, 6.07) is 0.855. The summed E-state index contributed by atoms with van der Waals surface area (Å²) in [5.41, 5.74) is -1.42. The first-order chi connectivity index (χ1) is 8.60. The number of carbonyl (C=O) groups excluding carboxylic acids is 1. The highest BCUT2D eigenvalue weighted by atomic mass is 35.5. The van der Waals surface area contributed by atoms with E-state index >= 15 is 0 Å². The van der Waals surface area contributed by atoms with Gasteiger partial charge in [-0.2, -0.15) is 0 Å². The zero-order valence-electron chi connectivity index (χ0n) is 10.5. The molecule has 0 aromatic carbocycles. The summed E-state index contributed by atoms with van der Waals surface area (Å²) in [4.78, 5) is 25.7. The van der Waals surface area contributed by atoms with Gasteiger partial charge in [0.2, 0.25) is 0 Å². The van der Waals surface area contributed by atoms with Crippen LogP contribution in [0.4, 0.5) is 15.0 Å². The predicted octanol–water partition coefficient (Wildman–Crippen LogP) is 2.92. The highest BCUT2D eigenvalue weighted by Crippen LogP contribution is 2.20. The Balaban J connectivity index is 2.97. The molecule has 0 spiro atoms. The first-order valence-corrected chi connectivity index (χ1v) is 5.57. The Morgan fingerprint density at radius 3 is 2.53 bits per heavy atom. The molecule has 1 aromatic rings. The van der Waals surface area contributed by atoms with E-state index in [4.69, 9.17) is 21.4 Å². The van der Waals surface area contributed by atoms with Gasteiger partial charge < -0.3 is 9.84 Å². The summed E-state index contributed by atoms with van der Waals surface area (Å²) < 4.78 is 18.3. The predicted molar refractivity (Wildman–Crippen MR) is 66.0 cm³/mol. The van der Waals surface area contributed by atoms with E-state index in [9.17, 15) is 14.0 Å². The van der Waals surface area contributed by atoms with Crippen molar-refractivity contribution in [3.05, 3.63) is 22.6 Å². The van der Waals surface area contributed by atoms with Crippen LogP contribution in [0.5, 0.6) is 0 Å². The molecule has 0 aliphatic rings. The van der Waals surface area contributed by atoms with Crippen molar-refractivity contribution in [2.75, 3.05) is 5.32 Å². The lowest BCUT2D eigenvalue weighted by atomic mass is 10.2. The molecule has 1 amide bonds. The minimum atomic E-state index is -1.52. The summed E-state index contributed by atoms with van der Waals surface area (Å²) in [5.74, 6) is -2.89. The molecular weight excluding hydrogens is 279 g/mol. The summed E-state index contributed by atoms with van der Waals surface area (Å²) in [7, 11) is 0. The van der Waals surface area contributed by atoms with Gasteiger partial charge in [0, 0.05) is 0 Å². The Hall–Kier alpha value is -1.89. The second-order valence-electron chi connectivity index (χ2n) is 4.59. The molecule has 0 aliphatic heterocycles. The molecule has 0 unspecified atom stereocenters. The van der Waals surface area contributed by atoms with E-state index < -0.39 is 34.2 Å². The lowest BCUT2D eigenvalue weighted by molar-refractivity contribution is 0.0631. The third-order valence-electron chi connectivity index (χ3n) is 1.78. The third kappa shape index (κ3) is 4.36. The highest BCUT2D eigenvalue weighted by molar-refractivity contribution is 6.30. The van der Waals surface area contributed by atoms with Gasteiger partial charge >= 0.3 is 12.1 Å². The fraction of sp³-hybridized carbons (Fsp3) is 0.364. The van der Waals surface area contributed by atoms with Crippen molar-refractivity contribution in [3.63, 3.8) is 0 Å². The van der Waals surface area contributed by atoms with Crippen LogP contribution in [0.2, 0.25) is 5.15 Å². The maximum atomic E-state index is 13.3. The second-order valence-corrected chi connectivity index (χ2v) is 4.95. The van der Waals surface area contributed by atoms with Gasteiger partial charge in [-0.15, -0.1) is 0 Å². The molecule has 19 heavy (non-hydrogen) atoms. The first-order valence-electron chi connectivity index (χ1n) is 5.19. The summed E-state index contributed by atoms with van der Waals surface area (Å²) in [5, 5.41) is 10.3. The average Bonchev–Trinajstić information content (AvgIpc) is 2.19. The number of carboxylic acid groups (broad SMARTS) is 1. The number of ether oxygens (including phenoxy) is 1. The summed E-state index contributed by atoms with van der Waals surface area (Å²) in [6.45, 7) is 4.96. The van der Waals surface area contributed by atoms with Gasteiger partial charge in [0.1, 0.15) is 17.0 Å².